The minimum Gasteiger partial charge on any atom is -0.495 e. The third-order valence-corrected chi connectivity index (χ3v) is 4.01. The van der Waals surface area contributed by atoms with Crippen LogP contribution in [-0.2, 0) is 4.79 Å². The Labute approximate surface area is 125 Å². The molecule has 1 aromatic carbocycles. The van der Waals surface area contributed by atoms with E-state index in [0.29, 0.717) is 28.6 Å². The molecule has 0 aromatic heterocycles. The Hall–Kier alpha value is -0.840. The highest BCUT2D eigenvalue weighted by Crippen LogP contribution is 2.53. The van der Waals surface area contributed by atoms with Gasteiger partial charge in [-0.15, -0.1) is 23.2 Å². The largest absolute Gasteiger partial charge is 0.495 e. The Balaban J connectivity index is 2.21. The van der Waals surface area contributed by atoms with Crippen LogP contribution in [-0.4, -0.2) is 24.5 Å². The van der Waals surface area contributed by atoms with E-state index in [0.717, 1.165) is 0 Å². The van der Waals surface area contributed by atoms with Crippen LogP contribution in [0.15, 0.2) is 12.1 Å². The lowest BCUT2D eigenvalue weighted by molar-refractivity contribution is -0.117. The Bertz CT molecular complexity index is 519. The second-order valence-corrected chi connectivity index (χ2v) is 6.14. The van der Waals surface area contributed by atoms with E-state index in [1.165, 1.54) is 14.2 Å². The van der Waals surface area contributed by atoms with Gasteiger partial charge in [0.2, 0.25) is 5.91 Å². The summed E-state index contributed by atoms with van der Waals surface area (Å²) < 4.78 is 9.29. The SMILES string of the molecule is COc1cc(NC(=O)[C@@H]2CC2(Cl)Cl)c(OC)cc1Cl. The van der Waals surface area contributed by atoms with E-state index in [2.05, 4.69) is 5.32 Å². The van der Waals surface area contributed by atoms with E-state index in [-0.39, 0.29) is 5.91 Å². The van der Waals surface area contributed by atoms with Gasteiger partial charge in [0.25, 0.3) is 0 Å². The Kier molecular flexibility index (Phi) is 4.04. The van der Waals surface area contributed by atoms with Gasteiger partial charge < -0.3 is 14.8 Å². The number of alkyl halides is 2. The first-order valence-electron chi connectivity index (χ1n) is 5.49. The van der Waals surface area contributed by atoms with Gasteiger partial charge in [-0.2, -0.15) is 0 Å². The number of hydrogen-bond acceptors (Lipinski definition) is 3. The molecule has 0 unspecified atom stereocenters. The van der Waals surface area contributed by atoms with Gasteiger partial charge >= 0.3 is 0 Å². The van der Waals surface area contributed by atoms with E-state index < -0.39 is 10.3 Å². The van der Waals surface area contributed by atoms with Gasteiger partial charge in [0.15, 0.2) is 0 Å². The zero-order valence-electron chi connectivity index (χ0n) is 10.3. The molecule has 104 valence electrons. The van der Waals surface area contributed by atoms with Gasteiger partial charge in [-0.05, 0) is 6.42 Å². The molecule has 1 amide bonds. The molecule has 1 atom stereocenters. The molecular weight excluding hydrogens is 312 g/mol. The van der Waals surface area contributed by atoms with E-state index in [9.17, 15) is 4.79 Å². The zero-order valence-corrected chi connectivity index (χ0v) is 12.6. The molecule has 0 bridgehead atoms. The second kappa shape index (κ2) is 5.27. The van der Waals surface area contributed by atoms with Crippen LogP contribution in [0.25, 0.3) is 0 Å². The average molecular weight is 325 g/mol. The number of nitrogens with one attached hydrogen (secondary N) is 1. The molecular formula is C12H12Cl3NO3. The topological polar surface area (TPSA) is 47.6 Å². The monoisotopic (exact) mass is 323 g/mol. The molecule has 1 N–H and O–H groups in total. The fourth-order valence-corrected chi connectivity index (χ4v) is 2.41. The maximum atomic E-state index is 11.9. The summed E-state index contributed by atoms with van der Waals surface area (Å²) in [5, 5.41) is 3.11. The molecule has 0 saturated heterocycles. The number of carbonyl (C=O) groups excluding carboxylic acids is 1. The highest BCUT2D eigenvalue weighted by molar-refractivity contribution is 6.52. The number of anilines is 1. The minimum atomic E-state index is -0.964. The molecule has 1 fully saturated rings. The number of ether oxygens (including phenoxy) is 2. The molecule has 1 aromatic rings. The van der Waals surface area contributed by atoms with Crippen molar-refractivity contribution in [3.8, 4) is 11.5 Å². The van der Waals surface area contributed by atoms with Gasteiger partial charge in [-0.3, -0.25) is 4.79 Å². The van der Waals surface area contributed by atoms with Crippen molar-refractivity contribution in [3.63, 3.8) is 0 Å². The van der Waals surface area contributed by atoms with Crippen molar-refractivity contribution >= 4 is 46.4 Å². The average Bonchev–Trinajstić information content (AvgIpc) is 3.00. The summed E-state index contributed by atoms with van der Waals surface area (Å²) in [5.41, 5.74) is 0.463. The van der Waals surface area contributed by atoms with Gasteiger partial charge in [0, 0.05) is 12.1 Å². The van der Waals surface area contributed by atoms with E-state index in [4.69, 9.17) is 44.3 Å². The van der Waals surface area contributed by atoms with Crippen molar-refractivity contribution in [2.24, 2.45) is 5.92 Å². The Morgan fingerprint density at radius 3 is 2.37 bits per heavy atom. The predicted octanol–water partition coefficient (Wildman–Crippen LogP) is 3.49. The first kappa shape index (κ1) is 14.6. The molecule has 0 heterocycles. The molecule has 1 saturated carbocycles. The summed E-state index contributed by atoms with van der Waals surface area (Å²) in [6.07, 6.45) is 0.439. The summed E-state index contributed by atoms with van der Waals surface area (Å²) in [6.45, 7) is 0. The Morgan fingerprint density at radius 1 is 1.32 bits per heavy atom. The first-order valence-corrected chi connectivity index (χ1v) is 6.62. The number of halogens is 3. The van der Waals surface area contributed by atoms with Gasteiger partial charge in [-0.25, -0.2) is 0 Å². The number of hydrogen-bond donors (Lipinski definition) is 1. The maximum absolute atomic E-state index is 11.9. The smallest absolute Gasteiger partial charge is 0.230 e. The van der Waals surface area contributed by atoms with Crippen LogP contribution in [0, 0.1) is 5.92 Å². The number of benzene rings is 1. The molecule has 4 nitrogen and oxygen atoms in total. The lowest BCUT2D eigenvalue weighted by Crippen LogP contribution is -2.17. The van der Waals surface area contributed by atoms with Gasteiger partial charge in [-0.1, -0.05) is 11.6 Å². The third kappa shape index (κ3) is 3.02. The quantitative estimate of drug-likeness (QED) is 0.862. The van der Waals surface area contributed by atoms with Crippen molar-refractivity contribution in [3.05, 3.63) is 17.2 Å². The molecule has 0 radical (unpaired) electrons. The third-order valence-electron chi connectivity index (χ3n) is 2.87. The zero-order chi connectivity index (χ0) is 14.2. The predicted molar refractivity (Wildman–Crippen MR) is 75.7 cm³/mol. The lowest BCUT2D eigenvalue weighted by Gasteiger charge is -2.13. The van der Waals surface area contributed by atoms with Crippen molar-refractivity contribution in [1.29, 1.82) is 0 Å². The molecule has 19 heavy (non-hydrogen) atoms. The number of carbonyl (C=O) groups is 1. The number of amides is 1. The maximum Gasteiger partial charge on any atom is 0.230 e. The minimum absolute atomic E-state index is 0.257. The van der Waals surface area contributed by atoms with Crippen molar-refractivity contribution in [2.75, 3.05) is 19.5 Å². The molecule has 0 spiro atoms. The van der Waals surface area contributed by atoms with Crippen LogP contribution in [0.2, 0.25) is 5.02 Å². The number of methoxy groups -OCH3 is 2. The van der Waals surface area contributed by atoms with Crippen molar-refractivity contribution in [1.82, 2.24) is 0 Å². The molecule has 7 heteroatoms. The Morgan fingerprint density at radius 2 is 1.89 bits per heavy atom. The van der Waals surface area contributed by atoms with Crippen LogP contribution in [0.1, 0.15) is 6.42 Å². The summed E-state index contributed by atoms with van der Waals surface area (Å²) in [5.74, 6) is 0.209. The summed E-state index contributed by atoms with van der Waals surface area (Å²) in [6, 6.07) is 3.16. The normalized spacial score (nSPS) is 19.7. The van der Waals surface area contributed by atoms with Crippen LogP contribution < -0.4 is 14.8 Å². The number of rotatable bonds is 4. The molecule has 0 aliphatic heterocycles. The summed E-state index contributed by atoms with van der Waals surface area (Å²) in [7, 11) is 2.97. The fourth-order valence-electron chi connectivity index (χ4n) is 1.68. The standard InChI is InChI=1S/C12H12Cl3NO3/c1-18-9-4-8(10(19-2)3-7(9)13)16-11(17)6-5-12(6,14)15/h3-4,6H,5H2,1-2H3,(H,16,17)/t6-/m0/s1. The fraction of sp³-hybridized carbons (Fsp3) is 0.417. The van der Waals surface area contributed by atoms with Crippen LogP contribution in [0.4, 0.5) is 5.69 Å². The van der Waals surface area contributed by atoms with E-state index in [1.54, 1.807) is 12.1 Å². The highest BCUT2D eigenvalue weighted by atomic mass is 35.5. The van der Waals surface area contributed by atoms with Crippen LogP contribution in [0.3, 0.4) is 0 Å². The molecule has 1 aliphatic rings. The highest BCUT2D eigenvalue weighted by Gasteiger charge is 2.56. The first-order chi connectivity index (χ1) is 8.89. The van der Waals surface area contributed by atoms with Gasteiger partial charge in [0.1, 0.15) is 15.8 Å². The van der Waals surface area contributed by atoms with Crippen LogP contribution in [0.5, 0.6) is 11.5 Å². The summed E-state index contributed by atoms with van der Waals surface area (Å²) >= 11 is 17.7. The molecule has 1 aliphatic carbocycles. The second-order valence-electron chi connectivity index (χ2n) is 4.19. The van der Waals surface area contributed by atoms with Crippen molar-refractivity contribution < 1.29 is 14.3 Å². The van der Waals surface area contributed by atoms with Crippen molar-refractivity contribution in [2.45, 2.75) is 10.8 Å². The summed E-state index contributed by atoms with van der Waals surface area (Å²) in [4.78, 5) is 11.9. The van der Waals surface area contributed by atoms with Crippen LogP contribution >= 0.6 is 34.8 Å². The van der Waals surface area contributed by atoms with E-state index in [1.807, 2.05) is 0 Å². The van der Waals surface area contributed by atoms with Gasteiger partial charge in [0.05, 0.1) is 30.8 Å². The lowest BCUT2D eigenvalue weighted by atomic mass is 10.2. The molecule has 2 rings (SSSR count). The van der Waals surface area contributed by atoms with E-state index >= 15 is 0 Å².